The Bertz CT molecular complexity index is 205. The smallest absolute Gasteiger partial charge is 0.152 e. The largest absolute Gasteiger partial charge is 0.367 e. The van der Waals surface area contributed by atoms with Gasteiger partial charge < -0.3 is 9.53 Å². The molecule has 1 fully saturated rings. The Morgan fingerprint density at radius 1 is 1.62 bits per heavy atom. The molecule has 2 nitrogen and oxygen atoms in total. The quantitative estimate of drug-likeness (QED) is 0.658. The van der Waals surface area contributed by atoms with Gasteiger partial charge in [-0.05, 0) is 26.2 Å². The zero-order valence-corrected chi connectivity index (χ0v) is 8.64. The number of aldehydes is 1. The maximum Gasteiger partial charge on any atom is 0.152 e. The van der Waals surface area contributed by atoms with E-state index in [4.69, 9.17) is 16.3 Å². The SMILES string of the molecule is C/C(=C\Cl)CC1(C=O)CCCCO1. The summed E-state index contributed by atoms with van der Waals surface area (Å²) in [6.07, 6.45) is 4.49. The molecule has 0 amide bonds. The van der Waals surface area contributed by atoms with Crippen molar-refractivity contribution in [3.8, 4) is 0 Å². The van der Waals surface area contributed by atoms with Gasteiger partial charge in [0.15, 0.2) is 6.29 Å². The van der Waals surface area contributed by atoms with Crippen molar-refractivity contribution >= 4 is 17.9 Å². The number of carbonyl (C=O) groups is 1. The Kier molecular flexibility index (Phi) is 3.94. The van der Waals surface area contributed by atoms with E-state index in [9.17, 15) is 4.79 Å². The van der Waals surface area contributed by atoms with E-state index in [2.05, 4.69) is 0 Å². The highest BCUT2D eigenvalue weighted by Gasteiger charge is 2.32. The van der Waals surface area contributed by atoms with Crippen LogP contribution in [-0.2, 0) is 9.53 Å². The van der Waals surface area contributed by atoms with Crippen molar-refractivity contribution in [1.82, 2.24) is 0 Å². The summed E-state index contributed by atoms with van der Waals surface area (Å²) in [5.41, 5.74) is 1.92. The van der Waals surface area contributed by atoms with Crippen LogP contribution in [0.25, 0.3) is 0 Å². The second-order valence-electron chi connectivity index (χ2n) is 3.62. The van der Waals surface area contributed by atoms with E-state index < -0.39 is 5.60 Å². The van der Waals surface area contributed by atoms with Gasteiger partial charge in [0, 0.05) is 18.6 Å². The molecular weight excluding hydrogens is 188 g/mol. The highest BCUT2D eigenvalue weighted by atomic mass is 35.5. The topological polar surface area (TPSA) is 26.3 Å². The summed E-state index contributed by atoms with van der Waals surface area (Å²) < 4.78 is 5.52. The van der Waals surface area contributed by atoms with Gasteiger partial charge in [0.2, 0.25) is 0 Å². The summed E-state index contributed by atoms with van der Waals surface area (Å²) in [6, 6.07) is 0. The van der Waals surface area contributed by atoms with Crippen LogP contribution in [0.4, 0.5) is 0 Å². The van der Waals surface area contributed by atoms with Crippen LogP contribution in [0.3, 0.4) is 0 Å². The normalized spacial score (nSPS) is 30.2. The fourth-order valence-corrected chi connectivity index (χ4v) is 1.74. The first-order valence-electron chi connectivity index (χ1n) is 4.58. The Balaban J connectivity index is 2.62. The van der Waals surface area contributed by atoms with Crippen LogP contribution in [-0.4, -0.2) is 18.5 Å². The van der Waals surface area contributed by atoms with E-state index in [1.165, 1.54) is 5.54 Å². The van der Waals surface area contributed by atoms with Crippen LogP contribution in [0.5, 0.6) is 0 Å². The van der Waals surface area contributed by atoms with Crippen molar-refractivity contribution in [3.05, 3.63) is 11.1 Å². The zero-order valence-electron chi connectivity index (χ0n) is 7.88. The maximum atomic E-state index is 10.9. The van der Waals surface area contributed by atoms with E-state index in [-0.39, 0.29) is 0 Å². The van der Waals surface area contributed by atoms with Crippen LogP contribution in [0, 0.1) is 0 Å². The van der Waals surface area contributed by atoms with Crippen molar-refractivity contribution in [2.45, 2.75) is 38.2 Å². The van der Waals surface area contributed by atoms with Gasteiger partial charge in [-0.3, -0.25) is 0 Å². The molecule has 1 heterocycles. The fourth-order valence-electron chi connectivity index (χ4n) is 1.66. The summed E-state index contributed by atoms with van der Waals surface area (Å²) >= 11 is 5.56. The Hall–Kier alpha value is -0.340. The third-order valence-electron chi connectivity index (χ3n) is 2.36. The van der Waals surface area contributed by atoms with Gasteiger partial charge in [-0.25, -0.2) is 0 Å². The summed E-state index contributed by atoms with van der Waals surface area (Å²) in [6.45, 7) is 2.60. The van der Waals surface area contributed by atoms with Gasteiger partial charge in [0.25, 0.3) is 0 Å². The second kappa shape index (κ2) is 4.77. The molecule has 0 spiro atoms. The molecule has 0 aromatic heterocycles. The number of hydrogen-bond acceptors (Lipinski definition) is 2. The summed E-state index contributed by atoms with van der Waals surface area (Å²) in [7, 11) is 0. The molecule has 0 N–H and O–H groups in total. The minimum Gasteiger partial charge on any atom is -0.367 e. The van der Waals surface area contributed by atoms with Crippen molar-refractivity contribution in [2.24, 2.45) is 0 Å². The summed E-state index contributed by atoms with van der Waals surface area (Å²) in [5.74, 6) is 0. The van der Waals surface area contributed by atoms with Crippen LogP contribution in [0.1, 0.15) is 32.6 Å². The van der Waals surface area contributed by atoms with Crippen LogP contribution in [0.15, 0.2) is 11.1 Å². The minimum absolute atomic E-state index is 0.590. The lowest BCUT2D eigenvalue weighted by Gasteiger charge is -2.32. The number of rotatable bonds is 3. The van der Waals surface area contributed by atoms with Gasteiger partial charge in [-0.1, -0.05) is 17.2 Å². The third-order valence-corrected chi connectivity index (χ3v) is 2.74. The van der Waals surface area contributed by atoms with Crippen molar-refractivity contribution in [1.29, 1.82) is 0 Å². The molecule has 3 heteroatoms. The van der Waals surface area contributed by atoms with Crippen LogP contribution < -0.4 is 0 Å². The van der Waals surface area contributed by atoms with Gasteiger partial charge >= 0.3 is 0 Å². The first-order valence-corrected chi connectivity index (χ1v) is 5.02. The lowest BCUT2D eigenvalue weighted by molar-refractivity contribution is -0.137. The van der Waals surface area contributed by atoms with E-state index in [0.717, 1.165) is 31.1 Å². The average molecular weight is 203 g/mol. The van der Waals surface area contributed by atoms with E-state index in [1.54, 1.807) is 0 Å². The predicted molar refractivity (Wildman–Crippen MR) is 52.8 cm³/mol. The molecule has 0 bridgehead atoms. The van der Waals surface area contributed by atoms with E-state index >= 15 is 0 Å². The minimum atomic E-state index is -0.590. The van der Waals surface area contributed by atoms with Crippen molar-refractivity contribution < 1.29 is 9.53 Å². The molecular formula is C10H15ClO2. The molecule has 0 aromatic carbocycles. The molecule has 1 aliphatic rings. The zero-order chi connectivity index (χ0) is 9.73. The Morgan fingerprint density at radius 3 is 2.85 bits per heavy atom. The first kappa shape index (κ1) is 10.7. The monoisotopic (exact) mass is 202 g/mol. The Labute approximate surface area is 83.9 Å². The number of ether oxygens (including phenoxy) is 1. The molecule has 0 saturated carbocycles. The van der Waals surface area contributed by atoms with Gasteiger partial charge in [0.1, 0.15) is 5.60 Å². The molecule has 74 valence electrons. The van der Waals surface area contributed by atoms with Gasteiger partial charge in [0.05, 0.1) is 0 Å². The second-order valence-corrected chi connectivity index (χ2v) is 3.84. The van der Waals surface area contributed by atoms with E-state index in [0.29, 0.717) is 13.0 Å². The predicted octanol–water partition coefficient (Wildman–Crippen LogP) is 2.66. The standard InChI is InChI=1S/C10H15ClO2/c1-9(7-11)6-10(8-12)4-2-3-5-13-10/h7-8H,2-6H2,1H3/b9-7+. The number of carbonyl (C=O) groups excluding carboxylic acids is 1. The first-order chi connectivity index (χ1) is 6.22. The average Bonchev–Trinajstić information content (AvgIpc) is 2.19. The van der Waals surface area contributed by atoms with Gasteiger partial charge in [-0.2, -0.15) is 0 Å². The summed E-state index contributed by atoms with van der Waals surface area (Å²) in [4.78, 5) is 10.9. The van der Waals surface area contributed by atoms with Crippen LogP contribution in [0.2, 0.25) is 0 Å². The highest BCUT2D eigenvalue weighted by molar-refractivity contribution is 6.25. The molecule has 13 heavy (non-hydrogen) atoms. The Morgan fingerprint density at radius 2 is 2.38 bits per heavy atom. The van der Waals surface area contributed by atoms with Crippen LogP contribution >= 0.6 is 11.6 Å². The highest BCUT2D eigenvalue weighted by Crippen LogP contribution is 2.29. The lowest BCUT2D eigenvalue weighted by atomic mass is 9.89. The van der Waals surface area contributed by atoms with E-state index in [1.807, 2.05) is 6.92 Å². The molecule has 1 rings (SSSR count). The molecule has 1 unspecified atom stereocenters. The van der Waals surface area contributed by atoms with Crippen molar-refractivity contribution in [2.75, 3.05) is 6.61 Å². The van der Waals surface area contributed by atoms with Crippen molar-refractivity contribution in [3.63, 3.8) is 0 Å². The number of hydrogen-bond donors (Lipinski definition) is 0. The van der Waals surface area contributed by atoms with Gasteiger partial charge in [-0.15, -0.1) is 0 Å². The fraction of sp³-hybridized carbons (Fsp3) is 0.700. The molecule has 0 aromatic rings. The molecule has 1 aliphatic heterocycles. The molecule has 0 aliphatic carbocycles. The molecule has 0 radical (unpaired) electrons. The number of halogens is 1. The summed E-state index contributed by atoms with van der Waals surface area (Å²) in [5, 5.41) is 0. The maximum absolute atomic E-state index is 10.9. The lowest BCUT2D eigenvalue weighted by Crippen LogP contribution is -2.38. The third kappa shape index (κ3) is 2.82. The molecule has 1 atom stereocenters. The molecule has 1 saturated heterocycles.